The molecule has 3 atom stereocenters. The number of amides is 2. The molecule has 108 valence electrons. The van der Waals surface area contributed by atoms with Crippen molar-refractivity contribution in [2.24, 2.45) is 11.3 Å². The fourth-order valence-corrected chi connectivity index (χ4v) is 3.32. The number of hydrogen-bond donors (Lipinski definition) is 3. The summed E-state index contributed by atoms with van der Waals surface area (Å²) in [5, 5.41) is 14.9. The van der Waals surface area contributed by atoms with Crippen LogP contribution in [0.2, 0.25) is 0 Å². The zero-order valence-corrected chi connectivity index (χ0v) is 11.7. The number of carbonyl (C=O) groups excluding carboxylic acids is 1. The van der Waals surface area contributed by atoms with Crippen LogP contribution in [0.25, 0.3) is 0 Å². The lowest BCUT2D eigenvalue weighted by molar-refractivity contribution is -0.141. The minimum atomic E-state index is -0.748. The van der Waals surface area contributed by atoms with Crippen LogP contribution in [0.1, 0.15) is 52.4 Å². The van der Waals surface area contributed by atoms with Crippen molar-refractivity contribution in [1.82, 2.24) is 10.6 Å². The highest BCUT2D eigenvalue weighted by Gasteiger charge is 2.36. The van der Waals surface area contributed by atoms with Crippen molar-refractivity contribution in [3.05, 3.63) is 0 Å². The van der Waals surface area contributed by atoms with Gasteiger partial charge in [0.2, 0.25) is 0 Å². The van der Waals surface area contributed by atoms with Crippen LogP contribution in [0.4, 0.5) is 4.79 Å². The van der Waals surface area contributed by atoms with Gasteiger partial charge >= 0.3 is 12.0 Å². The smallest absolute Gasteiger partial charge is 0.315 e. The molecule has 0 aromatic heterocycles. The van der Waals surface area contributed by atoms with Gasteiger partial charge in [-0.1, -0.05) is 20.3 Å². The lowest BCUT2D eigenvalue weighted by Gasteiger charge is -2.28. The third-order valence-electron chi connectivity index (χ3n) is 4.68. The van der Waals surface area contributed by atoms with E-state index >= 15 is 0 Å². The third-order valence-corrected chi connectivity index (χ3v) is 4.68. The number of urea groups is 1. The maximum atomic E-state index is 11.9. The zero-order valence-electron chi connectivity index (χ0n) is 11.7. The average Bonchev–Trinajstić information content (AvgIpc) is 2.87. The second-order valence-corrected chi connectivity index (χ2v) is 6.60. The first-order chi connectivity index (χ1) is 8.88. The summed E-state index contributed by atoms with van der Waals surface area (Å²) in [6, 6.07) is 0.0887. The molecule has 2 aliphatic carbocycles. The van der Waals surface area contributed by atoms with Crippen molar-refractivity contribution >= 4 is 12.0 Å². The van der Waals surface area contributed by atoms with Crippen LogP contribution >= 0.6 is 0 Å². The van der Waals surface area contributed by atoms with Gasteiger partial charge in [0.1, 0.15) is 0 Å². The molecule has 2 fully saturated rings. The van der Waals surface area contributed by atoms with E-state index in [-0.39, 0.29) is 29.4 Å². The van der Waals surface area contributed by atoms with Gasteiger partial charge in [0.05, 0.1) is 5.92 Å². The van der Waals surface area contributed by atoms with Gasteiger partial charge in [0, 0.05) is 12.1 Å². The Kier molecular flexibility index (Phi) is 4.02. The summed E-state index contributed by atoms with van der Waals surface area (Å²) in [7, 11) is 0. The maximum absolute atomic E-state index is 11.9. The molecule has 0 heterocycles. The van der Waals surface area contributed by atoms with E-state index < -0.39 is 5.97 Å². The van der Waals surface area contributed by atoms with E-state index in [2.05, 4.69) is 24.5 Å². The standard InChI is InChI=1S/C14H24N2O3/c1-14(2)7-3-4-11(14)16-13(19)15-10-6-5-9(8-10)12(17)18/h9-11H,3-8H2,1-2H3,(H,17,18)(H2,15,16,19)/t9-,10+,11?/m1/s1. The summed E-state index contributed by atoms with van der Waals surface area (Å²) >= 11 is 0. The Morgan fingerprint density at radius 3 is 2.42 bits per heavy atom. The lowest BCUT2D eigenvalue weighted by atomic mass is 9.87. The molecule has 0 spiro atoms. The molecule has 2 rings (SSSR count). The predicted octanol–water partition coefficient (Wildman–Crippen LogP) is 2.12. The monoisotopic (exact) mass is 268 g/mol. The summed E-state index contributed by atoms with van der Waals surface area (Å²) < 4.78 is 0. The minimum Gasteiger partial charge on any atom is -0.481 e. The minimum absolute atomic E-state index is 0.00520. The van der Waals surface area contributed by atoms with Crippen LogP contribution in [0.3, 0.4) is 0 Å². The van der Waals surface area contributed by atoms with Gasteiger partial charge in [0.15, 0.2) is 0 Å². The molecule has 3 N–H and O–H groups in total. The van der Waals surface area contributed by atoms with Crippen molar-refractivity contribution in [3.8, 4) is 0 Å². The molecule has 0 aromatic carbocycles. The first-order valence-electron chi connectivity index (χ1n) is 7.18. The highest BCUT2D eigenvalue weighted by Crippen LogP contribution is 2.37. The summed E-state index contributed by atoms with van der Waals surface area (Å²) in [5.74, 6) is -1.05. The molecule has 5 nitrogen and oxygen atoms in total. The van der Waals surface area contributed by atoms with Gasteiger partial charge in [-0.25, -0.2) is 4.79 Å². The normalized spacial score (nSPS) is 33.1. The molecule has 2 amide bonds. The van der Waals surface area contributed by atoms with E-state index in [1.165, 1.54) is 0 Å². The van der Waals surface area contributed by atoms with Gasteiger partial charge < -0.3 is 15.7 Å². The second kappa shape index (κ2) is 5.39. The third kappa shape index (κ3) is 3.39. The van der Waals surface area contributed by atoms with E-state index in [1.54, 1.807) is 0 Å². The highest BCUT2D eigenvalue weighted by atomic mass is 16.4. The Hall–Kier alpha value is -1.26. The summed E-state index contributed by atoms with van der Waals surface area (Å²) in [4.78, 5) is 22.8. The van der Waals surface area contributed by atoms with Gasteiger partial charge in [0.25, 0.3) is 0 Å². The van der Waals surface area contributed by atoms with Crippen molar-refractivity contribution in [3.63, 3.8) is 0 Å². The molecule has 5 heteroatoms. The predicted molar refractivity (Wildman–Crippen MR) is 71.9 cm³/mol. The van der Waals surface area contributed by atoms with E-state index in [9.17, 15) is 9.59 Å². The molecule has 19 heavy (non-hydrogen) atoms. The molecule has 2 saturated carbocycles. The summed E-state index contributed by atoms with van der Waals surface area (Å²) in [5.41, 5.74) is 0.163. The molecular weight excluding hydrogens is 244 g/mol. The largest absolute Gasteiger partial charge is 0.481 e. The fraction of sp³-hybridized carbons (Fsp3) is 0.857. The Balaban J connectivity index is 1.78. The van der Waals surface area contributed by atoms with E-state index in [4.69, 9.17) is 5.11 Å². The topological polar surface area (TPSA) is 78.4 Å². The van der Waals surface area contributed by atoms with Crippen LogP contribution in [-0.2, 0) is 4.79 Å². The van der Waals surface area contributed by atoms with Crippen LogP contribution in [0.15, 0.2) is 0 Å². The highest BCUT2D eigenvalue weighted by molar-refractivity contribution is 5.75. The Labute approximate surface area is 114 Å². The average molecular weight is 268 g/mol. The first kappa shape index (κ1) is 14.2. The van der Waals surface area contributed by atoms with E-state index in [0.29, 0.717) is 12.8 Å². The maximum Gasteiger partial charge on any atom is 0.315 e. The van der Waals surface area contributed by atoms with Crippen LogP contribution in [0, 0.1) is 11.3 Å². The molecule has 1 unspecified atom stereocenters. The number of rotatable bonds is 3. The van der Waals surface area contributed by atoms with Gasteiger partial charge in [-0.15, -0.1) is 0 Å². The first-order valence-corrected chi connectivity index (χ1v) is 7.18. The van der Waals surface area contributed by atoms with Gasteiger partial charge in [-0.05, 0) is 37.5 Å². The van der Waals surface area contributed by atoms with Gasteiger partial charge in [-0.2, -0.15) is 0 Å². The van der Waals surface area contributed by atoms with Crippen molar-refractivity contribution in [2.45, 2.75) is 64.5 Å². The molecule has 0 radical (unpaired) electrons. The number of carbonyl (C=O) groups is 2. The fourth-order valence-electron chi connectivity index (χ4n) is 3.32. The number of hydrogen-bond acceptors (Lipinski definition) is 2. The quantitative estimate of drug-likeness (QED) is 0.733. The van der Waals surface area contributed by atoms with E-state index in [1.807, 2.05) is 0 Å². The number of carboxylic acid groups (broad SMARTS) is 1. The molecule has 0 aromatic rings. The van der Waals surface area contributed by atoms with Crippen molar-refractivity contribution < 1.29 is 14.7 Å². The molecule has 0 saturated heterocycles. The summed E-state index contributed by atoms with van der Waals surface area (Å²) in [6.07, 6.45) is 5.30. The molecule has 2 aliphatic rings. The zero-order chi connectivity index (χ0) is 14.0. The van der Waals surface area contributed by atoms with E-state index in [0.717, 1.165) is 25.7 Å². The Morgan fingerprint density at radius 1 is 1.16 bits per heavy atom. The molecular formula is C14H24N2O3. The second-order valence-electron chi connectivity index (χ2n) is 6.60. The van der Waals surface area contributed by atoms with Crippen molar-refractivity contribution in [1.29, 1.82) is 0 Å². The Morgan fingerprint density at radius 2 is 1.89 bits per heavy atom. The van der Waals surface area contributed by atoms with Crippen LogP contribution in [0.5, 0.6) is 0 Å². The summed E-state index contributed by atoms with van der Waals surface area (Å²) in [6.45, 7) is 4.36. The SMILES string of the molecule is CC1(C)CCCC1NC(=O)N[C@H]1CC[C@@H](C(=O)O)C1. The Bertz CT molecular complexity index is 368. The lowest BCUT2D eigenvalue weighted by Crippen LogP contribution is -2.48. The van der Waals surface area contributed by atoms with Crippen LogP contribution < -0.4 is 10.6 Å². The molecule has 0 bridgehead atoms. The van der Waals surface area contributed by atoms with Gasteiger partial charge in [-0.3, -0.25) is 4.79 Å². The molecule has 0 aliphatic heterocycles. The number of nitrogens with one attached hydrogen (secondary N) is 2. The van der Waals surface area contributed by atoms with Crippen LogP contribution in [-0.4, -0.2) is 29.2 Å². The number of aliphatic carboxylic acids is 1. The van der Waals surface area contributed by atoms with Crippen molar-refractivity contribution in [2.75, 3.05) is 0 Å². The number of carboxylic acids is 1.